The van der Waals surface area contributed by atoms with E-state index in [0.29, 0.717) is 11.6 Å². The number of aromatic amines is 1. The fourth-order valence-corrected chi connectivity index (χ4v) is 2.57. The quantitative estimate of drug-likeness (QED) is 0.873. The maximum atomic E-state index is 12.4. The number of H-pyrrole nitrogens is 1. The van der Waals surface area contributed by atoms with Gasteiger partial charge in [-0.3, -0.25) is 9.89 Å². The van der Waals surface area contributed by atoms with Crippen molar-refractivity contribution < 1.29 is 4.79 Å². The molecule has 0 aromatic carbocycles. The predicted octanol–water partition coefficient (Wildman–Crippen LogP) is 2.55. The summed E-state index contributed by atoms with van der Waals surface area (Å²) in [6.45, 7) is 9.48. The number of aromatic nitrogens is 2. The molecule has 1 saturated carbocycles. The van der Waals surface area contributed by atoms with Crippen LogP contribution in [0.2, 0.25) is 0 Å². The van der Waals surface area contributed by atoms with E-state index >= 15 is 0 Å². The molecule has 0 unspecified atom stereocenters. The first-order valence-electron chi connectivity index (χ1n) is 6.70. The maximum absolute atomic E-state index is 12.4. The number of hydrogen-bond acceptors (Lipinski definition) is 2. The van der Waals surface area contributed by atoms with Crippen LogP contribution in [0.25, 0.3) is 0 Å². The fraction of sp³-hybridized carbons (Fsp3) is 0.714. The lowest BCUT2D eigenvalue weighted by Gasteiger charge is -2.61. The molecular weight excluding hydrogens is 226 g/mol. The Bertz CT molecular complexity index is 497. The van der Waals surface area contributed by atoms with Gasteiger partial charge in [-0.25, -0.2) is 0 Å². The second-order valence-electron chi connectivity index (χ2n) is 6.82. The molecule has 1 amide bonds. The lowest BCUT2D eigenvalue weighted by Crippen LogP contribution is -2.70. The van der Waals surface area contributed by atoms with Crippen LogP contribution in [0.15, 0.2) is 6.07 Å². The number of nitrogens with one attached hydrogen (secondary N) is 1. The van der Waals surface area contributed by atoms with Gasteiger partial charge in [-0.2, -0.15) is 5.10 Å². The third kappa shape index (κ3) is 1.51. The second-order valence-corrected chi connectivity index (χ2v) is 6.82. The number of amides is 1. The predicted molar refractivity (Wildman–Crippen MR) is 69.5 cm³/mol. The maximum Gasteiger partial charge on any atom is 0.274 e. The first-order valence-corrected chi connectivity index (χ1v) is 6.70. The highest BCUT2D eigenvalue weighted by Crippen LogP contribution is 2.47. The average molecular weight is 247 g/mol. The van der Waals surface area contributed by atoms with Crippen molar-refractivity contribution in [3.05, 3.63) is 17.5 Å². The van der Waals surface area contributed by atoms with E-state index in [-0.39, 0.29) is 16.9 Å². The van der Waals surface area contributed by atoms with Crippen molar-refractivity contribution >= 4 is 5.91 Å². The average Bonchev–Trinajstić information content (AvgIpc) is 3.03. The number of likely N-dealkylation sites (tertiary alicyclic amines) is 1. The van der Waals surface area contributed by atoms with E-state index in [2.05, 4.69) is 37.9 Å². The van der Waals surface area contributed by atoms with Crippen LogP contribution in [0, 0.1) is 5.41 Å². The minimum atomic E-state index is -0.0945. The fourth-order valence-electron chi connectivity index (χ4n) is 2.57. The second kappa shape index (κ2) is 3.37. The summed E-state index contributed by atoms with van der Waals surface area (Å²) in [5, 5.41) is 7.18. The molecule has 1 aliphatic carbocycles. The van der Waals surface area contributed by atoms with Gasteiger partial charge in [0, 0.05) is 29.1 Å². The van der Waals surface area contributed by atoms with E-state index in [1.54, 1.807) is 0 Å². The van der Waals surface area contributed by atoms with Crippen LogP contribution in [0.5, 0.6) is 0 Å². The standard InChI is InChI=1S/C14H21N3O/c1-13(2)8-17(14(13,3)4)12(18)11-7-10(15-16-11)9-5-6-9/h7,9H,5-6,8H2,1-4H3,(H,15,16). The molecule has 1 aromatic heterocycles. The molecule has 1 aliphatic heterocycles. The molecule has 2 fully saturated rings. The molecule has 4 heteroatoms. The van der Waals surface area contributed by atoms with Gasteiger partial charge in [0.1, 0.15) is 5.69 Å². The number of nitrogens with zero attached hydrogens (tertiary/aromatic N) is 2. The molecule has 0 radical (unpaired) electrons. The van der Waals surface area contributed by atoms with Gasteiger partial charge < -0.3 is 4.90 Å². The van der Waals surface area contributed by atoms with Crippen LogP contribution >= 0.6 is 0 Å². The van der Waals surface area contributed by atoms with Gasteiger partial charge in [0.05, 0.1) is 0 Å². The Morgan fingerprint density at radius 1 is 1.39 bits per heavy atom. The highest BCUT2D eigenvalue weighted by molar-refractivity contribution is 5.93. The number of rotatable bonds is 2. The van der Waals surface area contributed by atoms with Crippen molar-refractivity contribution in [3.8, 4) is 0 Å². The Balaban J connectivity index is 1.79. The highest BCUT2D eigenvalue weighted by Gasteiger charge is 2.55. The Morgan fingerprint density at radius 3 is 2.56 bits per heavy atom. The summed E-state index contributed by atoms with van der Waals surface area (Å²) in [4.78, 5) is 14.4. The monoisotopic (exact) mass is 247 g/mol. The number of carbonyl (C=O) groups is 1. The molecule has 1 saturated heterocycles. The zero-order valence-corrected chi connectivity index (χ0v) is 11.6. The summed E-state index contributed by atoms with van der Waals surface area (Å²) in [6.07, 6.45) is 2.44. The van der Waals surface area contributed by atoms with E-state index in [9.17, 15) is 4.79 Å². The smallest absolute Gasteiger partial charge is 0.274 e. The van der Waals surface area contributed by atoms with Crippen LogP contribution in [-0.4, -0.2) is 33.1 Å². The number of carbonyl (C=O) groups excluding carboxylic acids is 1. The third-order valence-corrected chi connectivity index (χ3v) is 4.96. The lowest BCUT2D eigenvalue weighted by atomic mass is 9.65. The Labute approximate surface area is 108 Å². The first-order chi connectivity index (χ1) is 8.33. The summed E-state index contributed by atoms with van der Waals surface area (Å²) in [6, 6.07) is 1.93. The molecule has 2 heterocycles. The molecule has 98 valence electrons. The Kier molecular flexibility index (Phi) is 2.20. The molecule has 2 aliphatic rings. The zero-order valence-electron chi connectivity index (χ0n) is 11.6. The van der Waals surface area contributed by atoms with Crippen LogP contribution < -0.4 is 0 Å². The van der Waals surface area contributed by atoms with Crippen LogP contribution in [-0.2, 0) is 0 Å². The summed E-state index contributed by atoms with van der Waals surface area (Å²) in [5.74, 6) is 0.669. The Morgan fingerprint density at radius 2 is 2.06 bits per heavy atom. The van der Waals surface area contributed by atoms with Crippen molar-refractivity contribution in [2.75, 3.05) is 6.54 Å². The van der Waals surface area contributed by atoms with Gasteiger partial charge in [0.15, 0.2) is 0 Å². The summed E-state index contributed by atoms with van der Waals surface area (Å²) in [7, 11) is 0. The minimum absolute atomic E-state index is 0.0578. The molecule has 0 bridgehead atoms. The summed E-state index contributed by atoms with van der Waals surface area (Å²) in [5.41, 5.74) is 1.78. The minimum Gasteiger partial charge on any atom is -0.331 e. The number of hydrogen-bond donors (Lipinski definition) is 1. The highest BCUT2D eigenvalue weighted by atomic mass is 16.2. The largest absolute Gasteiger partial charge is 0.331 e. The normalized spacial score (nSPS) is 24.8. The lowest BCUT2D eigenvalue weighted by molar-refractivity contribution is -0.0884. The van der Waals surface area contributed by atoms with E-state index in [1.165, 1.54) is 12.8 Å². The van der Waals surface area contributed by atoms with Gasteiger partial charge in [-0.15, -0.1) is 0 Å². The van der Waals surface area contributed by atoms with Gasteiger partial charge >= 0.3 is 0 Å². The zero-order chi connectivity index (χ0) is 13.1. The van der Waals surface area contributed by atoms with E-state index in [4.69, 9.17) is 0 Å². The van der Waals surface area contributed by atoms with Gasteiger partial charge in [0.2, 0.25) is 0 Å². The molecule has 1 aromatic rings. The van der Waals surface area contributed by atoms with E-state index < -0.39 is 0 Å². The molecule has 3 rings (SSSR count). The Hall–Kier alpha value is -1.32. The van der Waals surface area contributed by atoms with Crippen LogP contribution in [0.1, 0.15) is 62.6 Å². The molecule has 4 nitrogen and oxygen atoms in total. The SMILES string of the molecule is CC1(C)CN(C(=O)c2cc(C3CC3)[nH]n2)C1(C)C. The summed E-state index contributed by atoms with van der Waals surface area (Å²) >= 11 is 0. The third-order valence-electron chi connectivity index (χ3n) is 4.96. The van der Waals surface area contributed by atoms with Gasteiger partial charge in [-0.1, -0.05) is 13.8 Å². The van der Waals surface area contributed by atoms with E-state index in [1.807, 2.05) is 11.0 Å². The van der Waals surface area contributed by atoms with Crippen LogP contribution in [0.3, 0.4) is 0 Å². The van der Waals surface area contributed by atoms with Crippen molar-refractivity contribution in [3.63, 3.8) is 0 Å². The molecule has 18 heavy (non-hydrogen) atoms. The summed E-state index contributed by atoms with van der Waals surface area (Å²) < 4.78 is 0. The van der Waals surface area contributed by atoms with Crippen molar-refractivity contribution in [2.24, 2.45) is 5.41 Å². The molecule has 0 atom stereocenters. The van der Waals surface area contributed by atoms with E-state index in [0.717, 1.165) is 12.2 Å². The van der Waals surface area contributed by atoms with Gasteiger partial charge in [0.25, 0.3) is 5.91 Å². The molecule has 0 spiro atoms. The van der Waals surface area contributed by atoms with Crippen molar-refractivity contribution in [2.45, 2.75) is 52.0 Å². The van der Waals surface area contributed by atoms with Crippen molar-refractivity contribution in [1.82, 2.24) is 15.1 Å². The first kappa shape index (κ1) is 11.8. The topological polar surface area (TPSA) is 49.0 Å². The van der Waals surface area contributed by atoms with Gasteiger partial charge in [-0.05, 0) is 32.8 Å². The molecule has 1 N–H and O–H groups in total. The van der Waals surface area contributed by atoms with Crippen molar-refractivity contribution in [1.29, 1.82) is 0 Å². The van der Waals surface area contributed by atoms with Crippen LogP contribution in [0.4, 0.5) is 0 Å². The molecular formula is C14H21N3O.